The van der Waals surface area contributed by atoms with E-state index in [2.05, 4.69) is 9.47 Å². The van der Waals surface area contributed by atoms with Crippen LogP contribution in [0.4, 0.5) is 30.7 Å². The maximum atomic E-state index is 13.8. The molecule has 0 bridgehead atoms. The Kier molecular flexibility index (Phi) is 15.2. The molecule has 0 aliphatic heterocycles. The van der Waals surface area contributed by atoms with Gasteiger partial charge in [0.2, 0.25) is 6.29 Å². The topological polar surface area (TPSA) is 88.1 Å². The minimum Gasteiger partial charge on any atom is -0.453 e. The maximum Gasteiger partial charge on any atom is 0.460 e. The van der Waals surface area contributed by atoms with Crippen LogP contribution in [-0.2, 0) is 33.3 Å². The third-order valence-corrected chi connectivity index (χ3v) is 6.19. The molecule has 0 heterocycles. The highest BCUT2D eigenvalue weighted by molar-refractivity contribution is 5.79. The fourth-order valence-corrected chi connectivity index (χ4v) is 2.50. The molecule has 2 atom stereocenters. The van der Waals surface area contributed by atoms with Gasteiger partial charge in [-0.15, -0.1) is 0 Å². The van der Waals surface area contributed by atoms with E-state index in [0.717, 1.165) is 20.3 Å². The first-order valence-corrected chi connectivity index (χ1v) is 12.7. The van der Waals surface area contributed by atoms with Crippen LogP contribution < -0.4 is 0 Å². The molecule has 0 radical (unpaired) electrons. The fourth-order valence-electron chi connectivity index (χ4n) is 2.50. The highest BCUT2D eigenvalue weighted by atomic mass is 19.4. The first-order chi connectivity index (χ1) is 17.8. The third kappa shape index (κ3) is 11.0. The van der Waals surface area contributed by atoms with Crippen molar-refractivity contribution in [3.8, 4) is 0 Å². The first-order valence-electron chi connectivity index (χ1n) is 12.7. The third-order valence-electron chi connectivity index (χ3n) is 6.19. The molecule has 0 aromatic rings. The van der Waals surface area contributed by atoms with Gasteiger partial charge in [-0.3, -0.25) is 9.59 Å². The molecule has 0 aromatic carbocycles. The van der Waals surface area contributed by atoms with Crippen molar-refractivity contribution in [2.24, 2.45) is 22.7 Å². The average molecular weight is 601 g/mol. The lowest BCUT2D eigenvalue weighted by atomic mass is 9.90. The predicted octanol–water partition coefficient (Wildman–Crippen LogP) is 6.96. The summed E-state index contributed by atoms with van der Waals surface area (Å²) in [6.07, 6.45) is -8.99. The summed E-state index contributed by atoms with van der Waals surface area (Å²) in [5, 5.41) is 0. The molecule has 0 saturated heterocycles. The molecular formula is C26H43F7O7. The van der Waals surface area contributed by atoms with Crippen molar-refractivity contribution in [2.45, 2.75) is 112 Å². The highest BCUT2D eigenvalue weighted by Gasteiger charge is 2.76. The normalized spacial score (nSPS) is 14.7. The van der Waals surface area contributed by atoms with Gasteiger partial charge in [-0.1, -0.05) is 41.5 Å². The van der Waals surface area contributed by atoms with Crippen LogP contribution in [0.15, 0.2) is 0 Å². The van der Waals surface area contributed by atoms with Crippen LogP contribution in [-0.4, -0.2) is 62.0 Å². The summed E-state index contributed by atoms with van der Waals surface area (Å²) >= 11 is 0. The molecule has 2 unspecified atom stereocenters. The summed E-state index contributed by atoms with van der Waals surface area (Å²) in [7, 11) is 1.55. The molecule has 238 valence electrons. The zero-order chi connectivity index (χ0) is 32.5. The number of halogens is 7. The van der Waals surface area contributed by atoms with Gasteiger partial charge >= 0.3 is 35.9 Å². The number of hydrogen-bond acceptors (Lipinski definition) is 7. The molecule has 0 fully saturated rings. The Morgan fingerprint density at radius 2 is 1.12 bits per heavy atom. The van der Waals surface area contributed by atoms with Gasteiger partial charge in [0.1, 0.15) is 0 Å². The number of rotatable bonds is 13. The van der Waals surface area contributed by atoms with Crippen molar-refractivity contribution >= 4 is 17.9 Å². The average Bonchev–Trinajstić information content (AvgIpc) is 2.82. The van der Waals surface area contributed by atoms with Crippen LogP contribution in [0, 0.1) is 22.7 Å². The lowest BCUT2D eigenvalue weighted by molar-refractivity contribution is -0.374. The van der Waals surface area contributed by atoms with E-state index in [4.69, 9.17) is 9.47 Å². The van der Waals surface area contributed by atoms with Crippen LogP contribution in [0.25, 0.3) is 0 Å². The number of alkyl halides is 7. The van der Waals surface area contributed by atoms with E-state index in [9.17, 15) is 45.1 Å². The Balaban J connectivity index is 0. The van der Waals surface area contributed by atoms with Crippen molar-refractivity contribution in [2.75, 3.05) is 13.7 Å². The second kappa shape index (κ2) is 15.2. The molecule has 7 nitrogen and oxygen atoms in total. The smallest absolute Gasteiger partial charge is 0.453 e. The Labute approximate surface area is 231 Å². The van der Waals surface area contributed by atoms with Crippen molar-refractivity contribution in [1.29, 1.82) is 0 Å². The van der Waals surface area contributed by atoms with E-state index >= 15 is 0 Å². The fraction of sp³-hybridized carbons (Fsp3) is 0.885. The van der Waals surface area contributed by atoms with E-state index in [1.165, 1.54) is 13.8 Å². The number of carbonyl (C=O) groups excluding carboxylic acids is 3. The summed E-state index contributed by atoms with van der Waals surface area (Å²) in [5.74, 6) is -16.3. The number of hydrogen-bond donors (Lipinski definition) is 0. The van der Waals surface area contributed by atoms with E-state index < -0.39 is 65.7 Å². The zero-order valence-corrected chi connectivity index (χ0v) is 24.9. The molecule has 0 aliphatic rings. The van der Waals surface area contributed by atoms with Gasteiger partial charge < -0.3 is 18.9 Å². The zero-order valence-electron chi connectivity index (χ0n) is 24.9. The standard InChI is InChI=1S/C15H21F7O4.C11H22O3/c1-6-12(4,5)11(24)25-7-9(23)26-10(8(2)3)13(16,17)14(18,19)15(20,21)22;1-7-11(4,5)10(12)14-9(13-6)8(2)3/h8,10H,6-7H2,1-5H3;8-9H,7H2,1-6H3. The summed E-state index contributed by atoms with van der Waals surface area (Å²) in [5.41, 5.74) is -1.43. The van der Waals surface area contributed by atoms with Crippen molar-refractivity contribution in [3.05, 3.63) is 0 Å². The largest absolute Gasteiger partial charge is 0.460 e. The Morgan fingerprint density at radius 3 is 1.45 bits per heavy atom. The Bertz CT molecular complexity index is 823. The van der Waals surface area contributed by atoms with Gasteiger partial charge in [0, 0.05) is 13.0 Å². The van der Waals surface area contributed by atoms with E-state index in [1.54, 1.807) is 14.0 Å². The minimum atomic E-state index is -6.55. The molecule has 0 amide bonds. The van der Waals surface area contributed by atoms with Crippen LogP contribution in [0.5, 0.6) is 0 Å². The number of ether oxygens (including phenoxy) is 4. The quantitative estimate of drug-likeness (QED) is 0.0978. The molecule has 0 aromatic heterocycles. The maximum absolute atomic E-state index is 13.8. The summed E-state index contributed by atoms with van der Waals surface area (Å²) < 4.78 is 110. The van der Waals surface area contributed by atoms with Gasteiger partial charge in [-0.05, 0) is 46.5 Å². The lowest BCUT2D eigenvalue weighted by Gasteiger charge is -2.35. The molecule has 0 saturated carbocycles. The minimum absolute atomic E-state index is 0.177. The van der Waals surface area contributed by atoms with Crippen LogP contribution >= 0.6 is 0 Å². The Morgan fingerprint density at radius 1 is 0.700 bits per heavy atom. The van der Waals surface area contributed by atoms with Gasteiger partial charge in [0.25, 0.3) is 0 Å². The van der Waals surface area contributed by atoms with Crippen molar-refractivity contribution in [3.63, 3.8) is 0 Å². The second-order valence-corrected chi connectivity index (χ2v) is 11.2. The molecule has 0 aliphatic carbocycles. The second-order valence-electron chi connectivity index (χ2n) is 11.2. The van der Waals surface area contributed by atoms with Crippen LogP contribution in [0.1, 0.15) is 82.1 Å². The van der Waals surface area contributed by atoms with Gasteiger partial charge in [-0.2, -0.15) is 30.7 Å². The summed E-state index contributed by atoms with van der Waals surface area (Å²) in [6, 6.07) is 0. The monoisotopic (exact) mass is 600 g/mol. The van der Waals surface area contributed by atoms with Gasteiger partial charge in [-0.25, -0.2) is 4.79 Å². The summed E-state index contributed by atoms with van der Waals surface area (Å²) in [6.45, 7) is 14.8. The number of carbonyl (C=O) groups is 3. The van der Waals surface area contributed by atoms with Gasteiger partial charge in [0.15, 0.2) is 12.7 Å². The number of methoxy groups -OCH3 is 1. The molecular weight excluding hydrogens is 557 g/mol. The van der Waals surface area contributed by atoms with Crippen LogP contribution in [0.2, 0.25) is 0 Å². The highest BCUT2D eigenvalue weighted by Crippen LogP contribution is 2.50. The van der Waals surface area contributed by atoms with Gasteiger partial charge in [0.05, 0.1) is 10.8 Å². The van der Waals surface area contributed by atoms with E-state index in [0.29, 0.717) is 6.42 Å². The van der Waals surface area contributed by atoms with Crippen molar-refractivity contribution in [1.82, 2.24) is 0 Å². The van der Waals surface area contributed by atoms with E-state index in [1.807, 2.05) is 34.6 Å². The molecule has 40 heavy (non-hydrogen) atoms. The summed E-state index contributed by atoms with van der Waals surface area (Å²) in [4.78, 5) is 34.9. The first kappa shape index (κ1) is 40.0. The lowest BCUT2D eigenvalue weighted by Crippen LogP contribution is -2.60. The van der Waals surface area contributed by atoms with E-state index in [-0.39, 0.29) is 11.9 Å². The molecule has 0 spiro atoms. The predicted molar refractivity (Wildman–Crippen MR) is 131 cm³/mol. The molecule has 14 heteroatoms. The molecule has 0 N–H and O–H groups in total. The van der Waals surface area contributed by atoms with Crippen molar-refractivity contribution < 1.29 is 64.1 Å². The Hall–Kier alpha value is -2.12. The number of esters is 3. The van der Waals surface area contributed by atoms with Crippen LogP contribution in [0.3, 0.4) is 0 Å². The molecule has 0 rings (SSSR count). The SMILES string of the molecule is CCC(C)(C)C(=O)OC(OC)C(C)C.CCC(C)(C)C(=O)OCC(=O)OC(C(C)C)C(F)(F)C(F)(F)C(F)(F)F.